The second-order valence-corrected chi connectivity index (χ2v) is 10.1. The van der Waals surface area contributed by atoms with E-state index in [1.54, 1.807) is 36.4 Å². The highest BCUT2D eigenvalue weighted by Crippen LogP contribution is 2.38. The van der Waals surface area contributed by atoms with E-state index < -0.39 is 29.8 Å². The number of ether oxygens (including phenoxy) is 4. The molecule has 0 bridgehead atoms. The van der Waals surface area contributed by atoms with Gasteiger partial charge in [0.1, 0.15) is 32.8 Å². The summed E-state index contributed by atoms with van der Waals surface area (Å²) in [4.78, 5) is -0.829. The van der Waals surface area contributed by atoms with Crippen LogP contribution >= 0.6 is 0 Å². The number of rotatable bonds is 10. The van der Waals surface area contributed by atoms with Gasteiger partial charge in [0, 0.05) is 6.07 Å². The van der Waals surface area contributed by atoms with E-state index in [1.165, 1.54) is 46.6 Å². The molecule has 0 heterocycles. The summed E-state index contributed by atoms with van der Waals surface area (Å²) in [7, 11) is -3.30. The standard InChI is InChI=1S/C22H24N2O8S2/c1-29-17-11-7-5-9-15(17)23-33(25,26)21-14-22(20(32-4)13-19(21)31-3)34(27,28)24-16-10-6-8-12-18(16)30-2/h5-14,23-24H,1-4H3. The molecule has 3 aromatic carbocycles. The van der Waals surface area contributed by atoms with Crippen molar-refractivity contribution in [1.82, 2.24) is 0 Å². The van der Waals surface area contributed by atoms with Crippen LogP contribution in [0, 0.1) is 0 Å². The van der Waals surface area contributed by atoms with Gasteiger partial charge in [0.2, 0.25) is 0 Å². The summed E-state index contributed by atoms with van der Waals surface area (Å²) in [6.45, 7) is 0. The fourth-order valence-electron chi connectivity index (χ4n) is 3.12. The fraction of sp³-hybridized carbons (Fsp3) is 0.182. The van der Waals surface area contributed by atoms with E-state index in [1.807, 2.05) is 0 Å². The van der Waals surface area contributed by atoms with Gasteiger partial charge in [0.25, 0.3) is 20.0 Å². The van der Waals surface area contributed by atoms with Gasteiger partial charge < -0.3 is 18.9 Å². The Balaban J connectivity index is 2.13. The zero-order chi connectivity index (χ0) is 24.9. The second-order valence-electron chi connectivity index (χ2n) is 6.77. The Hall–Kier alpha value is -3.64. The highest BCUT2D eigenvalue weighted by Gasteiger charge is 2.29. The van der Waals surface area contributed by atoms with Crippen LogP contribution in [0.1, 0.15) is 0 Å². The Morgan fingerprint density at radius 2 is 0.882 bits per heavy atom. The van der Waals surface area contributed by atoms with Gasteiger partial charge >= 0.3 is 0 Å². The molecule has 0 fully saturated rings. The highest BCUT2D eigenvalue weighted by molar-refractivity contribution is 7.93. The van der Waals surface area contributed by atoms with Gasteiger partial charge in [-0.05, 0) is 30.3 Å². The smallest absolute Gasteiger partial charge is 0.265 e. The predicted octanol–water partition coefficient (Wildman–Crippen LogP) is 3.32. The van der Waals surface area contributed by atoms with Gasteiger partial charge in [-0.3, -0.25) is 9.44 Å². The third-order valence-electron chi connectivity index (χ3n) is 4.73. The molecular weight excluding hydrogens is 484 g/mol. The molecular formula is C22H24N2O8S2. The maximum absolute atomic E-state index is 13.3. The summed E-state index contributed by atoms with van der Waals surface area (Å²) in [5.41, 5.74) is 0.332. The Labute approximate surface area is 198 Å². The minimum absolute atomic E-state index is 0.115. The van der Waals surface area contributed by atoms with Crippen molar-refractivity contribution in [2.75, 3.05) is 37.9 Å². The number of anilines is 2. The number of nitrogens with one attached hydrogen (secondary N) is 2. The molecule has 0 spiro atoms. The molecule has 34 heavy (non-hydrogen) atoms. The van der Waals surface area contributed by atoms with Crippen LogP contribution in [0.15, 0.2) is 70.5 Å². The normalized spacial score (nSPS) is 11.4. The van der Waals surface area contributed by atoms with Crippen LogP contribution in [-0.4, -0.2) is 45.3 Å². The maximum atomic E-state index is 13.3. The highest BCUT2D eigenvalue weighted by atomic mass is 32.2. The lowest BCUT2D eigenvalue weighted by atomic mass is 10.3. The summed E-state index contributed by atoms with van der Waals surface area (Å²) < 4.78 is 78.7. The van der Waals surface area contributed by atoms with Gasteiger partial charge in [-0.1, -0.05) is 24.3 Å². The minimum Gasteiger partial charge on any atom is -0.495 e. The summed E-state index contributed by atoms with van der Waals surface area (Å²) in [5.74, 6) is 0.333. The molecule has 0 atom stereocenters. The molecule has 0 aliphatic rings. The van der Waals surface area contributed by atoms with Crippen LogP contribution in [0.2, 0.25) is 0 Å². The van der Waals surface area contributed by atoms with Gasteiger partial charge in [-0.25, -0.2) is 16.8 Å². The van der Waals surface area contributed by atoms with Crippen molar-refractivity contribution in [2.45, 2.75) is 9.79 Å². The Bertz CT molecular complexity index is 1290. The van der Waals surface area contributed by atoms with Crippen molar-refractivity contribution < 1.29 is 35.8 Å². The van der Waals surface area contributed by atoms with E-state index in [-0.39, 0.29) is 34.4 Å². The van der Waals surface area contributed by atoms with Crippen molar-refractivity contribution in [1.29, 1.82) is 0 Å². The zero-order valence-electron chi connectivity index (χ0n) is 18.9. The molecule has 12 heteroatoms. The van der Waals surface area contributed by atoms with Crippen molar-refractivity contribution >= 4 is 31.4 Å². The largest absolute Gasteiger partial charge is 0.495 e. The summed E-state index contributed by atoms with van der Waals surface area (Å²) >= 11 is 0. The van der Waals surface area contributed by atoms with Crippen molar-refractivity contribution in [2.24, 2.45) is 0 Å². The molecule has 0 radical (unpaired) electrons. The van der Waals surface area contributed by atoms with Crippen LogP contribution in [0.4, 0.5) is 11.4 Å². The van der Waals surface area contributed by atoms with Crippen LogP contribution in [0.5, 0.6) is 23.0 Å². The lowest BCUT2D eigenvalue weighted by molar-refractivity contribution is 0.379. The third-order valence-corrected chi connectivity index (χ3v) is 7.50. The number of para-hydroxylation sites is 4. The molecule has 0 aliphatic heterocycles. The van der Waals surface area contributed by atoms with E-state index in [4.69, 9.17) is 18.9 Å². The molecule has 3 rings (SSSR count). The lowest BCUT2D eigenvalue weighted by Gasteiger charge is -2.18. The van der Waals surface area contributed by atoms with Crippen LogP contribution < -0.4 is 28.4 Å². The molecule has 0 unspecified atom stereocenters. The SMILES string of the molecule is COc1ccccc1NS(=O)(=O)c1cc(S(=O)(=O)Nc2ccccc2OC)c(OC)cc1OC. The van der Waals surface area contributed by atoms with Gasteiger partial charge in [-0.15, -0.1) is 0 Å². The number of hydrogen-bond donors (Lipinski definition) is 2. The first-order valence-corrected chi connectivity index (χ1v) is 12.7. The molecule has 0 saturated carbocycles. The topological polar surface area (TPSA) is 129 Å². The van der Waals surface area contributed by atoms with Crippen molar-refractivity contribution in [3.63, 3.8) is 0 Å². The Morgan fingerprint density at radius 1 is 0.529 bits per heavy atom. The third kappa shape index (κ3) is 5.13. The van der Waals surface area contributed by atoms with Gasteiger partial charge in [0.05, 0.1) is 39.8 Å². The van der Waals surface area contributed by atoms with E-state index in [9.17, 15) is 16.8 Å². The van der Waals surface area contributed by atoms with Crippen LogP contribution in [0.3, 0.4) is 0 Å². The molecule has 10 nitrogen and oxygen atoms in total. The monoisotopic (exact) mass is 508 g/mol. The Morgan fingerprint density at radius 3 is 1.24 bits per heavy atom. The molecule has 3 aromatic rings. The summed E-state index contributed by atoms with van der Waals surface area (Å²) in [5, 5.41) is 0. The lowest BCUT2D eigenvalue weighted by Crippen LogP contribution is -2.18. The molecule has 0 aliphatic carbocycles. The molecule has 182 valence electrons. The molecule has 0 amide bonds. The van der Waals surface area contributed by atoms with Crippen LogP contribution in [-0.2, 0) is 20.0 Å². The predicted molar refractivity (Wildman–Crippen MR) is 127 cm³/mol. The molecule has 2 N–H and O–H groups in total. The van der Waals surface area contributed by atoms with Gasteiger partial charge in [-0.2, -0.15) is 0 Å². The molecule has 0 aromatic heterocycles. The number of methoxy groups -OCH3 is 4. The average Bonchev–Trinajstić information content (AvgIpc) is 2.83. The Kier molecular flexibility index (Phi) is 7.42. The van der Waals surface area contributed by atoms with E-state index in [0.29, 0.717) is 0 Å². The first-order valence-electron chi connectivity index (χ1n) is 9.74. The van der Waals surface area contributed by atoms with E-state index >= 15 is 0 Å². The minimum atomic E-state index is -4.31. The second kappa shape index (κ2) is 10.1. The first-order chi connectivity index (χ1) is 16.2. The number of hydrogen-bond acceptors (Lipinski definition) is 8. The molecule has 0 saturated heterocycles. The number of sulfonamides is 2. The summed E-state index contributed by atoms with van der Waals surface area (Å²) in [6, 6.07) is 14.9. The first kappa shape index (κ1) is 25.0. The van der Waals surface area contributed by atoms with E-state index in [2.05, 4.69) is 9.44 Å². The average molecular weight is 509 g/mol. The zero-order valence-corrected chi connectivity index (χ0v) is 20.5. The van der Waals surface area contributed by atoms with Gasteiger partial charge in [0.15, 0.2) is 0 Å². The summed E-state index contributed by atoms with van der Waals surface area (Å²) in [6.07, 6.45) is 0. The van der Waals surface area contributed by atoms with Crippen molar-refractivity contribution in [3.8, 4) is 23.0 Å². The quantitative estimate of drug-likeness (QED) is 0.427. The van der Waals surface area contributed by atoms with E-state index in [0.717, 1.165) is 6.07 Å². The fourth-order valence-corrected chi connectivity index (χ4v) is 5.69. The maximum Gasteiger partial charge on any atom is 0.265 e. The van der Waals surface area contributed by atoms with Crippen molar-refractivity contribution in [3.05, 3.63) is 60.7 Å². The number of benzene rings is 3. The van der Waals surface area contributed by atoms with Crippen LogP contribution in [0.25, 0.3) is 0 Å².